The van der Waals surface area contributed by atoms with Crippen molar-refractivity contribution in [2.45, 2.75) is 58.9 Å². The van der Waals surface area contributed by atoms with Gasteiger partial charge in [0, 0.05) is 30.3 Å². The molecule has 3 heterocycles. The lowest BCUT2D eigenvalue weighted by molar-refractivity contribution is -0.126. The number of benzene rings is 1. The van der Waals surface area contributed by atoms with Crippen molar-refractivity contribution in [1.82, 2.24) is 15.1 Å². The number of hydrogen-bond donors (Lipinski definition) is 2. The van der Waals surface area contributed by atoms with Crippen LogP contribution in [0.5, 0.6) is 0 Å². The molecule has 2 amide bonds. The number of rotatable bonds is 9. The lowest BCUT2D eigenvalue weighted by atomic mass is 9.95. The summed E-state index contributed by atoms with van der Waals surface area (Å²) >= 11 is 1.70. The van der Waals surface area contributed by atoms with Crippen LogP contribution in [-0.4, -0.2) is 34.7 Å². The molecular formula is C27H35N5O2S. The zero-order valence-corrected chi connectivity index (χ0v) is 21.6. The number of hydrogen-bond acceptors (Lipinski definition) is 5. The Hall–Kier alpha value is -3.13. The minimum Gasteiger partial charge on any atom is -0.355 e. The molecule has 35 heavy (non-hydrogen) atoms. The Kier molecular flexibility index (Phi) is 8.23. The SMILES string of the molecule is CCC[C@@H](NC(=O)C1CCN(c2c(NC(=O)CC)c(C)nn2-c2ccccc2)CC1)c1cccs1. The first kappa shape index (κ1) is 25.0. The lowest BCUT2D eigenvalue weighted by Gasteiger charge is -2.34. The lowest BCUT2D eigenvalue weighted by Crippen LogP contribution is -2.42. The molecule has 0 unspecified atom stereocenters. The maximum atomic E-state index is 13.2. The van der Waals surface area contributed by atoms with Gasteiger partial charge in [-0.3, -0.25) is 9.59 Å². The normalized spacial score (nSPS) is 15.1. The third-order valence-corrected chi connectivity index (χ3v) is 7.55. The molecule has 2 N–H and O–H groups in total. The molecule has 0 saturated carbocycles. The van der Waals surface area contributed by atoms with Crippen molar-refractivity contribution in [3.63, 3.8) is 0 Å². The minimum atomic E-state index is -0.0354. The third kappa shape index (κ3) is 5.75. The first-order valence-corrected chi connectivity index (χ1v) is 13.4. The predicted octanol–water partition coefficient (Wildman–Crippen LogP) is 5.46. The van der Waals surface area contributed by atoms with E-state index in [9.17, 15) is 9.59 Å². The Morgan fingerprint density at radius 3 is 2.49 bits per heavy atom. The fourth-order valence-corrected chi connectivity index (χ4v) is 5.45. The number of para-hydroxylation sites is 1. The first-order valence-electron chi connectivity index (χ1n) is 12.5. The number of anilines is 2. The van der Waals surface area contributed by atoms with Crippen LogP contribution in [0.1, 0.15) is 62.6 Å². The summed E-state index contributed by atoms with van der Waals surface area (Å²) in [6.07, 6.45) is 3.89. The predicted molar refractivity (Wildman–Crippen MR) is 142 cm³/mol. The summed E-state index contributed by atoms with van der Waals surface area (Å²) in [4.78, 5) is 28.9. The second kappa shape index (κ2) is 11.5. The summed E-state index contributed by atoms with van der Waals surface area (Å²) in [5, 5.41) is 13.2. The number of carbonyl (C=O) groups excluding carboxylic acids is 2. The van der Waals surface area contributed by atoms with Gasteiger partial charge in [0.2, 0.25) is 11.8 Å². The van der Waals surface area contributed by atoms with Gasteiger partial charge in [-0.15, -0.1) is 11.3 Å². The molecule has 1 aliphatic rings. The maximum Gasteiger partial charge on any atom is 0.224 e. The van der Waals surface area contributed by atoms with Crippen LogP contribution >= 0.6 is 11.3 Å². The summed E-state index contributed by atoms with van der Waals surface area (Å²) in [5.74, 6) is 0.973. The van der Waals surface area contributed by atoms with Gasteiger partial charge in [-0.05, 0) is 49.8 Å². The Labute approximate surface area is 211 Å². The van der Waals surface area contributed by atoms with E-state index in [1.807, 2.05) is 54.9 Å². The molecule has 3 aromatic rings. The summed E-state index contributed by atoms with van der Waals surface area (Å²) in [7, 11) is 0. The van der Waals surface area contributed by atoms with Crippen molar-refractivity contribution in [3.05, 3.63) is 58.4 Å². The van der Waals surface area contributed by atoms with E-state index in [4.69, 9.17) is 5.10 Å². The first-order chi connectivity index (χ1) is 17.0. The number of nitrogens with one attached hydrogen (secondary N) is 2. The number of amides is 2. The highest BCUT2D eigenvalue weighted by Crippen LogP contribution is 2.35. The summed E-state index contributed by atoms with van der Waals surface area (Å²) in [6, 6.07) is 14.2. The fraction of sp³-hybridized carbons (Fsp3) is 0.444. The van der Waals surface area contributed by atoms with E-state index >= 15 is 0 Å². The van der Waals surface area contributed by atoms with E-state index in [-0.39, 0.29) is 23.8 Å². The average Bonchev–Trinajstić information content (AvgIpc) is 3.53. The number of piperidine rings is 1. The van der Waals surface area contributed by atoms with E-state index in [0.717, 1.165) is 61.7 Å². The molecular weight excluding hydrogens is 458 g/mol. The Morgan fingerprint density at radius 1 is 1.11 bits per heavy atom. The molecule has 1 aromatic carbocycles. The highest BCUT2D eigenvalue weighted by molar-refractivity contribution is 7.10. The molecule has 1 atom stereocenters. The molecule has 1 saturated heterocycles. The fourth-order valence-electron chi connectivity index (χ4n) is 4.64. The minimum absolute atomic E-state index is 0.0200. The van der Waals surface area contributed by atoms with Crippen LogP contribution in [0.15, 0.2) is 47.8 Å². The third-order valence-electron chi connectivity index (χ3n) is 6.57. The van der Waals surface area contributed by atoms with Crippen molar-refractivity contribution < 1.29 is 9.59 Å². The number of aryl methyl sites for hydroxylation is 1. The molecule has 8 heteroatoms. The molecule has 1 fully saturated rings. The Morgan fingerprint density at radius 2 is 1.86 bits per heavy atom. The van der Waals surface area contributed by atoms with E-state index < -0.39 is 0 Å². The Balaban J connectivity index is 1.51. The van der Waals surface area contributed by atoms with Crippen molar-refractivity contribution in [3.8, 4) is 5.69 Å². The highest BCUT2D eigenvalue weighted by atomic mass is 32.1. The molecule has 0 bridgehead atoms. The summed E-state index contributed by atoms with van der Waals surface area (Å²) in [5.41, 5.74) is 2.48. The molecule has 4 rings (SSSR count). The van der Waals surface area contributed by atoms with Crippen LogP contribution in [0.25, 0.3) is 5.69 Å². The van der Waals surface area contributed by atoms with E-state index in [1.165, 1.54) is 4.88 Å². The standard InChI is InChI=1S/C27H35N5O2S/c1-4-10-22(23-13-9-18-35-23)28-26(34)20-14-16-31(17-15-20)27-25(29-24(33)5-2)19(3)30-32(27)21-11-7-6-8-12-21/h6-9,11-13,18,20,22H,4-5,10,14-17H2,1-3H3,(H,28,34)(H,29,33)/t22-/m1/s1. The largest absolute Gasteiger partial charge is 0.355 e. The molecule has 1 aliphatic heterocycles. The number of nitrogens with zero attached hydrogens (tertiary/aromatic N) is 3. The van der Waals surface area contributed by atoms with E-state index in [0.29, 0.717) is 6.42 Å². The maximum absolute atomic E-state index is 13.2. The zero-order chi connectivity index (χ0) is 24.8. The molecule has 0 spiro atoms. The highest BCUT2D eigenvalue weighted by Gasteiger charge is 2.31. The van der Waals surface area contributed by atoms with Gasteiger partial charge in [-0.1, -0.05) is 44.5 Å². The number of thiophene rings is 1. The summed E-state index contributed by atoms with van der Waals surface area (Å²) in [6.45, 7) is 7.37. The second-order valence-electron chi connectivity index (χ2n) is 9.06. The average molecular weight is 494 g/mol. The van der Waals surface area contributed by atoms with Crippen molar-refractivity contribution in [2.24, 2.45) is 5.92 Å². The van der Waals surface area contributed by atoms with Crippen LogP contribution in [0.3, 0.4) is 0 Å². The molecule has 186 valence electrons. The van der Waals surface area contributed by atoms with E-state index in [2.05, 4.69) is 33.9 Å². The van der Waals surface area contributed by atoms with Crippen LogP contribution in [0.2, 0.25) is 0 Å². The summed E-state index contributed by atoms with van der Waals surface area (Å²) < 4.78 is 1.91. The number of carbonyl (C=O) groups is 2. The molecule has 0 aliphatic carbocycles. The van der Waals surface area contributed by atoms with Gasteiger partial charge >= 0.3 is 0 Å². The molecule has 7 nitrogen and oxygen atoms in total. The topological polar surface area (TPSA) is 79.3 Å². The van der Waals surface area contributed by atoms with Gasteiger partial charge in [0.05, 0.1) is 17.4 Å². The van der Waals surface area contributed by atoms with Crippen molar-refractivity contribution >= 4 is 34.7 Å². The van der Waals surface area contributed by atoms with Crippen molar-refractivity contribution in [1.29, 1.82) is 0 Å². The van der Waals surface area contributed by atoms with Gasteiger partial charge in [-0.2, -0.15) is 5.10 Å². The smallest absolute Gasteiger partial charge is 0.224 e. The van der Waals surface area contributed by atoms with Crippen LogP contribution in [0, 0.1) is 12.8 Å². The molecule has 0 radical (unpaired) electrons. The van der Waals surface area contributed by atoms with Gasteiger partial charge in [-0.25, -0.2) is 4.68 Å². The van der Waals surface area contributed by atoms with E-state index in [1.54, 1.807) is 11.3 Å². The number of aromatic nitrogens is 2. The van der Waals surface area contributed by atoms with Gasteiger partial charge in [0.1, 0.15) is 5.69 Å². The van der Waals surface area contributed by atoms with Crippen LogP contribution in [0.4, 0.5) is 11.5 Å². The van der Waals surface area contributed by atoms with Crippen LogP contribution in [-0.2, 0) is 9.59 Å². The zero-order valence-electron chi connectivity index (χ0n) is 20.8. The van der Waals surface area contributed by atoms with Gasteiger partial charge in [0.15, 0.2) is 5.82 Å². The monoisotopic (exact) mass is 493 g/mol. The van der Waals surface area contributed by atoms with Gasteiger partial charge in [0.25, 0.3) is 0 Å². The second-order valence-corrected chi connectivity index (χ2v) is 10.0. The molecule has 2 aromatic heterocycles. The van der Waals surface area contributed by atoms with Crippen LogP contribution < -0.4 is 15.5 Å². The van der Waals surface area contributed by atoms with Gasteiger partial charge < -0.3 is 15.5 Å². The Bertz CT molecular complexity index is 1120. The van der Waals surface area contributed by atoms with Crippen molar-refractivity contribution in [2.75, 3.05) is 23.3 Å². The quantitative estimate of drug-likeness (QED) is 0.415.